The molecule has 29 valence electrons. The Morgan fingerprint density at radius 1 is 1.60 bits per heavy atom. The van der Waals surface area contributed by atoms with E-state index in [9.17, 15) is 0 Å². The van der Waals surface area contributed by atoms with Gasteiger partial charge in [-0.3, -0.25) is 4.79 Å². The maximum atomic E-state index is 8.36. The summed E-state index contributed by atoms with van der Waals surface area (Å²) in [6.45, 7) is -0.250. The van der Waals surface area contributed by atoms with Crippen LogP contribution in [0, 0.1) is 0 Å². The molecule has 0 aliphatic carbocycles. The minimum absolute atomic E-state index is 0. The number of rotatable bonds is 0. The fourth-order valence-corrected chi connectivity index (χ4v) is 0. The van der Waals surface area contributed by atoms with Crippen molar-refractivity contribution in [1.82, 2.24) is 0 Å². The molecule has 0 atom stereocenters. The number of hydrogen-bond acceptors (Lipinski definition) is 1. The first kappa shape index (κ1) is 17.6. The van der Waals surface area contributed by atoms with Gasteiger partial charge in [-0.25, -0.2) is 0 Å². The van der Waals surface area contributed by atoms with Crippen LogP contribution in [-0.2, 0) is 21.6 Å². The Bertz CT molecular complexity index is 17.1. The van der Waals surface area contributed by atoms with Crippen LogP contribution >= 0.6 is 0 Å². The van der Waals surface area contributed by atoms with Gasteiger partial charge in [-0.1, -0.05) is 0 Å². The van der Waals surface area contributed by atoms with E-state index in [4.69, 9.17) is 9.90 Å². The molecule has 0 saturated heterocycles. The van der Waals surface area contributed by atoms with Gasteiger partial charge >= 0.3 is 18.9 Å². The summed E-state index contributed by atoms with van der Waals surface area (Å²) < 4.78 is 0. The van der Waals surface area contributed by atoms with Crippen LogP contribution in [0.2, 0.25) is 0 Å². The van der Waals surface area contributed by atoms with E-state index in [1.165, 1.54) is 0 Å². The molecule has 0 heterocycles. The zero-order valence-corrected chi connectivity index (χ0v) is 2.81. The van der Waals surface area contributed by atoms with E-state index in [-0.39, 0.29) is 42.1 Å². The monoisotopic (exact) mass is 113 g/mol. The van der Waals surface area contributed by atoms with E-state index in [1.54, 1.807) is 0 Å². The third-order valence-corrected chi connectivity index (χ3v) is 0. The summed E-state index contributed by atoms with van der Waals surface area (Å²) in [7, 11) is 0. The predicted molar refractivity (Wildman–Crippen MR) is 15.8 cm³/mol. The molecule has 1 N–H and O–H groups in total. The van der Waals surface area contributed by atoms with Crippen LogP contribution in [-0.4, -0.2) is 30.4 Å². The van der Waals surface area contributed by atoms with Crippen molar-refractivity contribution in [3.05, 3.63) is 0 Å². The molecule has 0 bridgehead atoms. The van der Waals surface area contributed by atoms with Gasteiger partial charge < -0.3 is 5.11 Å². The van der Waals surface area contributed by atoms with Crippen LogP contribution in [0.25, 0.3) is 0 Å². The maximum absolute atomic E-state index is 8.36. The average molecular weight is 113 g/mol. The Labute approximate surface area is 52.3 Å². The van der Waals surface area contributed by atoms with Crippen LogP contribution in [0.15, 0.2) is 0 Å². The molecule has 4 heteroatoms. The van der Waals surface area contributed by atoms with Crippen molar-refractivity contribution >= 4 is 25.3 Å². The normalized spacial score (nSPS) is 2.40. The molecular weight excluding hydrogens is 110 g/mol. The van der Waals surface area contributed by atoms with E-state index < -0.39 is 0 Å². The standard InChI is InChI=1S/CH2O2.Co.Li.H/c2-1-3;;;/h1H,(H,2,3);;;. The van der Waals surface area contributed by atoms with Crippen molar-refractivity contribution < 1.29 is 26.7 Å². The van der Waals surface area contributed by atoms with Gasteiger partial charge in [0.1, 0.15) is 0 Å². The Kier molecular flexibility index (Phi) is 83.0. The third-order valence-electron chi connectivity index (χ3n) is 0. The summed E-state index contributed by atoms with van der Waals surface area (Å²) in [4.78, 5) is 8.36. The Balaban J connectivity index is -0.0000000200. The summed E-state index contributed by atoms with van der Waals surface area (Å²) in [5.74, 6) is 0. The number of carboxylic acid groups (broad SMARTS) is 1. The minimum atomic E-state index is -0.250. The molecule has 0 unspecified atom stereocenters. The Morgan fingerprint density at radius 2 is 1.60 bits per heavy atom. The second-order valence-corrected chi connectivity index (χ2v) is 0.105. The summed E-state index contributed by atoms with van der Waals surface area (Å²) in [6, 6.07) is 0. The molecule has 0 aromatic rings. The van der Waals surface area contributed by atoms with Crippen LogP contribution < -0.4 is 0 Å². The Morgan fingerprint density at radius 3 is 1.60 bits per heavy atom. The van der Waals surface area contributed by atoms with E-state index in [2.05, 4.69) is 0 Å². The van der Waals surface area contributed by atoms with E-state index in [0.29, 0.717) is 0 Å². The molecule has 0 spiro atoms. The second kappa shape index (κ2) is 23.6. The van der Waals surface area contributed by atoms with Gasteiger partial charge in [0.15, 0.2) is 0 Å². The van der Waals surface area contributed by atoms with Crippen molar-refractivity contribution in [2.45, 2.75) is 0 Å². The van der Waals surface area contributed by atoms with Crippen molar-refractivity contribution in [2.75, 3.05) is 0 Å². The molecular formula is CH3CoLiO2. The SMILES string of the molecule is O=CO.[Co].[LiH]. The van der Waals surface area contributed by atoms with Crippen molar-refractivity contribution in [2.24, 2.45) is 0 Å². The molecule has 5 heavy (non-hydrogen) atoms. The molecule has 0 aliphatic heterocycles. The quantitative estimate of drug-likeness (QED) is 0.324. The fraction of sp³-hybridized carbons (Fsp3) is 0. The first-order valence-electron chi connectivity index (χ1n) is 0.494. The van der Waals surface area contributed by atoms with Gasteiger partial charge in [-0.05, 0) is 0 Å². The first-order valence-corrected chi connectivity index (χ1v) is 0.494. The van der Waals surface area contributed by atoms with E-state index in [1.807, 2.05) is 0 Å². The number of hydrogen-bond donors (Lipinski definition) is 1. The molecule has 1 radical (unpaired) electrons. The molecule has 0 aromatic carbocycles. The zero-order chi connectivity index (χ0) is 2.71. The van der Waals surface area contributed by atoms with Crippen LogP contribution in [0.5, 0.6) is 0 Å². The van der Waals surface area contributed by atoms with Gasteiger partial charge in [0.25, 0.3) is 6.47 Å². The molecule has 0 fully saturated rings. The summed E-state index contributed by atoms with van der Waals surface area (Å²) in [5, 5.41) is 6.89. The van der Waals surface area contributed by atoms with Gasteiger partial charge in [0.05, 0.1) is 0 Å². The van der Waals surface area contributed by atoms with Crippen LogP contribution in [0.4, 0.5) is 0 Å². The molecule has 0 amide bonds. The summed E-state index contributed by atoms with van der Waals surface area (Å²) >= 11 is 0. The molecule has 0 aliphatic rings. The van der Waals surface area contributed by atoms with Crippen molar-refractivity contribution in [3.63, 3.8) is 0 Å². The molecule has 2 nitrogen and oxygen atoms in total. The van der Waals surface area contributed by atoms with Crippen molar-refractivity contribution in [1.29, 1.82) is 0 Å². The predicted octanol–water partition coefficient (Wildman–Crippen LogP) is -0.950. The fourth-order valence-electron chi connectivity index (χ4n) is 0. The van der Waals surface area contributed by atoms with Gasteiger partial charge in [-0.2, -0.15) is 0 Å². The molecule has 0 rings (SSSR count). The molecule has 0 saturated carbocycles. The summed E-state index contributed by atoms with van der Waals surface area (Å²) in [5.41, 5.74) is 0. The topological polar surface area (TPSA) is 37.3 Å². The molecule has 0 aromatic heterocycles. The number of carbonyl (C=O) groups is 1. The second-order valence-electron chi connectivity index (χ2n) is 0.105. The van der Waals surface area contributed by atoms with E-state index >= 15 is 0 Å². The van der Waals surface area contributed by atoms with Crippen LogP contribution in [0.1, 0.15) is 0 Å². The zero-order valence-electron chi connectivity index (χ0n) is 1.77. The third kappa shape index (κ3) is 92.0. The van der Waals surface area contributed by atoms with E-state index in [0.717, 1.165) is 0 Å². The van der Waals surface area contributed by atoms with Gasteiger partial charge in [-0.15, -0.1) is 0 Å². The van der Waals surface area contributed by atoms with Gasteiger partial charge in [0, 0.05) is 16.8 Å². The van der Waals surface area contributed by atoms with Crippen LogP contribution in [0.3, 0.4) is 0 Å². The van der Waals surface area contributed by atoms with Gasteiger partial charge in [0.2, 0.25) is 0 Å². The summed E-state index contributed by atoms with van der Waals surface area (Å²) in [6.07, 6.45) is 0. The first-order chi connectivity index (χ1) is 1.41. The average Bonchev–Trinajstić information content (AvgIpc) is 0.918. The van der Waals surface area contributed by atoms with Crippen molar-refractivity contribution in [3.8, 4) is 0 Å². The Hall–Kier alpha value is 0.574.